The molecule has 0 spiro atoms. The number of methoxy groups -OCH3 is 1. The largest absolute Gasteiger partial charge is 0.507 e. The van der Waals surface area contributed by atoms with Gasteiger partial charge in [0.2, 0.25) is 5.88 Å². The summed E-state index contributed by atoms with van der Waals surface area (Å²) >= 11 is 0. The highest BCUT2D eigenvalue weighted by Crippen LogP contribution is 2.56. The average molecular weight is 460 g/mol. The second kappa shape index (κ2) is 8.53. The first kappa shape index (κ1) is 22.6. The molecule has 178 valence electrons. The molecule has 2 fully saturated rings. The highest BCUT2D eigenvalue weighted by atomic mass is 16.5. The Bertz CT molecular complexity index is 1170. The van der Waals surface area contributed by atoms with Gasteiger partial charge in [-0.2, -0.15) is 0 Å². The van der Waals surface area contributed by atoms with Gasteiger partial charge in [0.15, 0.2) is 5.82 Å². The van der Waals surface area contributed by atoms with Crippen LogP contribution < -0.4 is 9.64 Å². The maximum Gasteiger partial charge on any atom is 0.216 e. The van der Waals surface area contributed by atoms with Gasteiger partial charge in [-0.15, -0.1) is 10.2 Å². The molecule has 0 saturated heterocycles. The van der Waals surface area contributed by atoms with E-state index >= 15 is 0 Å². The van der Waals surface area contributed by atoms with Crippen LogP contribution in [0, 0.1) is 10.8 Å². The van der Waals surface area contributed by atoms with E-state index in [1.807, 2.05) is 24.3 Å². The van der Waals surface area contributed by atoms with E-state index in [1.54, 1.807) is 19.2 Å². The summed E-state index contributed by atoms with van der Waals surface area (Å²) in [6.45, 7) is 4.92. The first-order chi connectivity index (χ1) is 16.3. The van der Waals surface area contributed by atoms with E-state index in [2.05, 4.69) is 46.0 Å². The van der Waals surface area contributed by atoms with Gasteiger partial charge in [0.25, 0.3) is 0 Å². The minimum Gasteiger partial charge on any atom is -0.507 e. The Morgan fingerprint density at radius 2 is 1.74 bits per heavy atom. The first-order valence-electron chi connectivity index (χ1n) is 12.0. The molecule has 1 aromatic carbocycles. The highest BCUT2D eigenvalue weighted by Gasteiger charge is 2.47. The summed E-state index contributed by atoms with van der Waals surface area (Å²) < 4.78 is 5.17. The molecule has 0 amide bonds. The van der Waals surface area contributed by atoms with Crippen LogP contribution in [0.1, 0.15) is 52.4 Å². The second-order valence-electron chi connectivity index (χ2n) is 10.8. The fraction of sp³-hybridized carbons (Fsp3) is 0.481. The SMILES string of the molecule is COc1cc(-c2ccc(-c3ccc(N(C)C4C[C@]5(C)CCC[C@](C)(C4)C5)nn3)c(O)c2)ncn1. The van der Waals surface area contributed by atoms with E-state index in [1.165, 1.54) is 44.9 Å². The van der Waals surface area contributed by atoms with Gasteiger partial charge in [-0.3, -0.25) is 0 Å². The normalized spacial score (nSPS) is 26.2. The molecule has 2 aliphatic carbocycles. The number of hydrogen-bond acceptors (Lipinski definition) is 7. The standard InChI is InChI=1S/C27H33N5O2/c1-26-10-5-11-27(2,16-26)15-19(14-26)32(3)24-9-8-21(30-31-24)20-7-6-18(12-23(20)33)22-13-25(34-4)29-17-28-22/h6-9,12-13,17,19,33H,5,10-11,14-16H2,1-4H3/t19?,26-,27+. The van der Waals surface area contributed by atoms with E-state index < -0.39 is 0 Å². The van der Waals surface area contributed by atoms with E-state index in [4.69, 9.17) is 4.74 Å². The Kier molecular flexibility index (Phi) is 5.66. The lowest BCUT2D eigenvalue weighted by atomic mass is 9.55. The average Bonchev–Trinajstić information content (AvgIpc) is 2.82. The number of fused-ring (bicyclic) bond motifs is 2. The summed E-state index contributed by atoms with van der Waals surface area (Å²) in [5, 5.41) is 19.7. The number of hydrogen-bond donors (Lipinski definition) is 1. The number of phenolic OH excluding ortho intramolecular Hbond substituents is 1. The second-order valence-corrected chi connectivity index (χ2v) is 10.8. The number of aromatic nitrogens is 4. The third-order valence-electron chi connectivity index (χ3n) is 7.85. The van der Waals surface area contributed by atoms with Crippen molar-refractivity contribution in [2.24, 2.45) is 10.8 Å². The molecule has 3 atom stereocenters. The summed E-state index contributed by atoms with van der Waals surface area (Å²) in [5.74, 6) is 1.49. The molecule has 0 radical (unpaired) electrons. The first-order valence-corrected chi connectivity index (χ1v) is 12.0. The van der Waals surface area contributed by atoms with Gasteiger partial charge in [-0.05, 0) is 67.2 Å². The number of phenols is 1. The van der Waals surface area contributed by atoms with Gasteiger partial charge in [0, 0.05) is 30.3 Å². The van der Waals surface area contributed by atoms with E-state index in [0.717, 1.165) is 11.4 Å². The summed E-state index contributed by atoms with van der Waals surface area (Å²) in [7, 11) is 3.71. The predicted octanol–water partition coefficient (Wildman–Crippen LogP) is 5.50. The lowest BCUT2D eigenvalue weighted by Crippen LogP contribution is -2.49. The Hall–Kier alpha value is -3.22. The fourth-order valence-electron chi connectivity index (χ4n) is 6.34. The molecule has 2 heterocycles. The molecular formula is C27H33N5O2. The molecule has 2 bridgehead atoms. The Balaban J connectivity index is 1.35. The van der Waals surface area contributed by atoms with E-state index in [9.17, 15) is 5.11 Å². The van der Waals surface area contributed by atoms with Crippen molar-refractivity contribution in [1.29, 1.82) is 0 Å². The van der Waals surface area contributed by atoms with Crippen molar-refractivity contribution >= 4 is 5.82 Å². The monoisotopic (exact) mass is 459 g/mol. The summed E-state index contributed by atoms with van der Waals surface area (Å²) in [5.41, 5.74) is 3.59. The van der Waals surface area contributed by atoms with Crippen LogP contribution in [0.3, 0.4) is 0 Å². The van der Waals surface area contributed by atoms with Crippen molar-refractivity contribution in [3.8, 4) is 34.1 Å². The van der Waals surface area contributed by atoms with Crippen LogP contribution in [0.4, 0.5) is 5.82 Å². The number of nitrogens with zero attached hydrogens (tertiary/aromatic N) is 5. The zero-order valence-electron chi connectivity index (χ0n) is 20.5. The summed E-state index contributed by atoms with van der Waals surface area (Å²) in [6.07, 6.45) is 9.21. The molecule has 7 nitrogen and oxygen atoms in total. The molecule has 2 saturated carbocycles. The Morgan fingerprint density at radius 3 is 2.38 bits per heavy atom. The van der Waals surface area contributed by atoms with Crippen LogP contribution in [0.25, 0.3) is 22.5 Å². The van der Waals surface area contributed by atoms with Gasteiger partial charge >= 0.3 is 0 Å². The molecule has 34 heavy (non-hydrogen) atoms. The molecule has 7 heteroatoms. The Labute approximate surface area is 201 Å². The number of aromatic hydroxyl groups is 1. The van der Waals surface area contributed by atoms with Crippen molar-refractivity contribution < 1.29 is 9.84 Å². The quantitative estimate of drug-likeness (QED) is 0.539. The third-order valence-corrected chi connectivity index (χ3v) is 7.85. The van der Waals surface area contributed by atoms with Gasteiger partial charge in [-0.1, -0.05) is 26.3 Å². The van der Waals surface area contributed by atoms with Crippen molar-refractivity contribution in [1.82, 2.24) is 20.2 Å². The van der Waals surface area contributed by atoms with E-state index in [-0.39, 0.29) is 5.75 Å². The molecule has 5 rings (SSSR count). The summed E-state index contributed by atoms with van der Waals surface area (Å²) in [4.78, 5) is 10.6. The maximum absolute atomic E-state index is 10.7. The van der Waals surface area contributed by atoms with E-state index in [0.29, 0.717) is 39.7 Å². The maximum atomic E-state index is 10.7. The van der Waals surface area contributed by atoms with Crippen molar-refractivity contribution in [2.75, 3.05) is 19.1 Å². The number of benzene rings is 1. The zero-order chi connectivity index (χ0) is 23.9. The van der Waals surface area contributed by atoms with Crippen LogP contribution in [-0.4, -0.2) is 45.5 Å². The molecule has 1 unspecified atom stereocenters. The Morgan fingerprint density at radius 1 is 0.971 bits per heavy atom. The van der Waals surface area contributed by atoms with Crippen molar-refractivity contribution in [2.45, 2.75) is 58.4 Å². The van der Waals surface area contributed by atoms with Crippen LogP contribution in [0.15, 0.2) is 42.7 Å². The van der Waals surface area contributed by atoms with Gasteiger partial charge in [0.05, 0.1) is 18.5 Å². The van der Waals surface area contributed by atoms with Crippen molar-refractivity contribution in [3.05, 3.63) is 42.7 Å². The lowest BCUT2D eigenvalue weighted by molar-refractivity contribution is 0.0141. The van der Waals surface area contributed by atoms with Crippen molar-refractivity contribution in [3.63, 3.8) is 0 Å². The van der Waals surface area contributed by atoms with Gasteiger partial charge < -0.3 is 14.7 Å². The number of ether oxygens (including phenoxy) is 1. The fourth-order valence-corrected chi connectivity index (χ4v) is 6.34. The third kappa shape index (κ3) is 4.31. The lowest BCUT2D eigenvalue weighted by Gasteiger charge is -2.54. The van der Waals surface area contributed by atoms with Crippen LogP contribution >= 0.6 is 0 Å². The molecular weight excluding hydrogens is 426 g/mol. The van der Waals surface area contributed by atoms with Crippen LogP contribution in [0.2, 0.25) is 0 Å². The molecule has 1 N–H and O–H groups in total. The van der Waals surface area contributed by atoms with Crippen LogP contribution in [-0.2, 0) is 0 Å². The summed E-state index contributed by atoms with van der Waals surface area (Å²) in [6, 6.07) is 11.6. The molecule has 0 aliphatic heterocycles. The highest BCUT2D eigenvalue weighted by molar-refractivity contribution is 5.73. The number of rotatable bonds is 5. The van der Waals surface area contributed by atoms with Crippen LogP contribution in [0.5, 0.6) is 11.6 Å². The number of anilines is 1. The van der Waals surface area contributed by atoms with Gasteiger partial charge in [0.1, 0.15) is 12.1 Å². The molecule has 3 aromatic rings. The molecule has 2 aliphatic rings. The van der Waals surface area contributed by atoms with Gasteiger partial charge in [-0.25, -0.2) is 9.97 Å². The molecule has 2 aromatic heterocycles. The topological polar surface area (TPSA) is 84.3 Å². The zero-order valence-corrected chi connectivity index (χ0v) is 20.5. The minimum absolute atomic E-state index is 0.131. The predicted molar refractivity (Wildman–Crippen MR) is 133 cm³/mol. The minimum atomic E-state index is 0.131. The smallest absolute Gasteiger partial charge is 0.216 e.